The highest BCUT2D eigenvalue weighted by Crippen LogP contribution is 2.12. The van der Waals surface area contributed by atoms with Crippen LogP contribution >= 0.6 is 0 Å². The van der Waals surface area contributed by atoms with Crippen LogP contribution in [0.2, 0.25) is 0 Å². The Morgan fingerprint density at radius 3 is 2.33 bits per heavy atom. The van der Waals surface area contributed by atoms with Crippen molar-refractivity contribution in [3.8, 4) is 0 Å². The van der Waals surface area contributed by atoms with Gasteiger partial charge in [0.05, 0.1) is 0 Å². The van der Waals surface area contributed by atoms with Gasteiger partial charge in [0.1, 0.15) is 0 Å². The van der Waals surface area contributed by atoms with Gasteiger partial charge in [-0.2, -0.15) is 0 Å². The predicted octanol–water partition coefficient (Wildman–Crippen LogP) is 0.879. The van der Waals surface area contributed by atoms with Crippen molar-refractivity contribution < 1.29 is 18.4 Å². The minimum Gasteiger partial charge on any atom is -0.342 e. The summed E-state index contributed by atoms with van der Waals surface area (Å²) in [5.41, 5.74) is 0.119. The summed E-state index contributed by atoms with van der Waals surface area (Å²) < 4.78 is 25.8. The summed E-state index contributed by atoms with van der Waals surface area (Å²) in [5, 5.41) is 0. The molecule has 4 nitrogen and oxygen atoms in total. The molecular weight excluding hydrogens is 242 g/mol. The van der Waals surface area contributed by atoms with Crippen molar-refractivity contribution in [2.45, 2.75) is 0 Å². The van der Waals surface area contributed by atoms with E-state index in [0.717, 1.165) is 18.5 Å². The molecule has 2 rings (SSSR count). The van der Waals surface area contributed by atoms with E-state index in [1.165, 1.54) is 11.0 Å². The molecule has 1 saturated heterocycles. The number of carbonyl (C=O) groups excluding carboxylic acids is 2. The van der Waals surface area contributed by atoms with E-state index in [0.29, 0.717) is 26.2 Å². The minimum absolute atomic E-state index is 0.119. The summed E-state index contributed by atoms with van der Waals surface area (Å²) in [4.78, 5) is 25.6. The van der Waals surface area contributed by atoms with Crippen molar-refractivity contribution in [3.05, 3.63) is 35.4 Å². The maximum Gasteiger partial charge on any atom is 0.254 e. The molecular formula is C12H12F2N2O2. The molecule has 0 aliphatic carbocycles. The number of rotatable bonds is 2. The van der Waals surface area contributed by atoms with Crippen molar-refractivity contribution in [1.82, 2.24) is 9.80 Å². The van der Waals surface area contributed by atoms with Crippen LogP contribution < -0.4 is 0 Å². The fraction of sp³-hybridized carbons (Fsp3) is 0.333. The Hall–Kier alpha value is -1.98. The van der Waals surface area contributed by atoms with Gasteiger partial charge in [0.2, 0.25) is 6.41 Å². The lowest BCUT2D eigenvalue weighted by Gasteiger charge is -2.32. The molecule has 1 heterocycles. The average Bonchev–Trinajstić information content (AvgIpc) is 2.41. The number of nitrogens with zero attached hydrogens (tertiary/aromatic N) is 2. The van der Waals surface area contributed by atoms with E-state index >= 15 is 0 Å². The van der Waals surface area contributed by atoms with Gasteiger partial charge in [0.25, 0.3) is 5.91 Å². The summed E-state index contributed by atoms with van der Waals surface area (Å²) in [6.07, 6.45) is 0.735. The highest BCUT2D eigenvalue weighted by Gasteiger charge is 2.21. The molecule has 0 saturated carbocycles. The zero-order valence-corrected chi connectivity index (χ0v) is 9.60. The first-order valence-corrected chi connectivity index (χ1v) is 5.55. The smallest absolute Gasteiger partial charge is 0.254 e. The third kappa shape index (κ3) is 2.47. The Bertz CT molecular complexity index is 471. The van der Waals surface area contributed by atoms with Crippen molar-refractivity contribution in [2.24, 2.45) is 0 Å². The Kier molecular flexibility index (Phi) is 3.55. The normalized spacial score (nSPS) is 15.7. The molecule has 0 aromatic heterocycles. The molecule has 2 amide bonds. The quantitative estimate of drug-likeness (QED) is 0.735. The molecule has 1 aromatic rings. The van der Waals surface area contributed by atoms with Crippen LogP contribution in [0.3, 0.4) is 0 Å². The van der Waals surface area contributed by atoms with Crippen LogP contribution in [-0.4, -0.2) is 48.3 Å². The first kappa shape index (κ1) is 12.5. The highest BCUT2D eigenvalue weighted by molar-refractivity contribution is 5.94. The fourth-order valence-electron chi connectivity index (χ4n) is 1.84. The summed E-state index contributed by atoms with van der Waals surface area (Å²) in [6, 6.07) is 3.08. The second kappa shape index (κ2) is 5.12. The molecule has 1 aliphatic rings. The van der Waals surface area contributed by atoms with E-state index < -0.39 is 11.6 Å². The zero-order valence-electron chi connectivity index (χ0n) is 9.60. The number of hydrogen-bond acceptors (Lipinski definition) is 2. The van der Waals surface area contributed by atoms with E-state index in [2.05, 4.69) is 0 Å². The molecule has 0 radical (unpaired) electrons. The van der Waals surface area contributed by atoms with E-state index in [4.69, 9.17) is 0 Å². The van der Waals surface area contributed by atoms with Gasteiger partial charge in [-0.3, -0.25) is 9.59 Å². The lowest BCUT2D eigenvalue weighted by Crippen LogP contribution is -2.48. The maximum atomic E-state index is 13.0. The van der Waals surface area contributed by atoms with Crippen molar-refractivity contribution >= 4 is 12.3 Å². The summed E-state index contributed by atoms with van der Waals surface area (Å²) >= 11 is 0. The van der Waals surface area contributed by atoms with Gasteiger partial charge in [-0.1, -0.05) is 0 Å². The van der Waals surface area contributed by atoms with Crippen molar-refractivity contribution in [1.29, 1.82) is 0 Å². The highest BCUT2D eigenvalue weighted by atomic mass is 19.2. The van der Waals surface area contributed by atoms with Crippen molar-refractivity contribution in [2.75, 3.05) is 26.2 Å². The minimum atomic E-state index is -1.03. The predicted molar refractivity (Wildman–Crippen MR) is 59.9 cm³/mol. The topological polar surface area (TPSA) is 40.6 Å². The van der Waals surface area contributed by atoms with E-state index in [-0.39, 0.29) is 11.5 Å². The summed E-state index contributed by atoms with van der Waals surface area (Å²) in [5.74, 6) is -2.36. The van der Waals surface area contributed by atoms with Gasteiger partial charge in [-0.05, 0) is 18.2 Å². The van der Waals surface area contributed by atoms with Crippen LogP contribution in [0.15, 0.2) is 18.2 Å². The fourth-order valence-corrected chi connectivity index (χ4v) is 1.84. The van der Waals surface area contributed by atoms with Crippen LogP contribution in [0.5, 0.6) is 0 Å². The first-order valence-electron chi connectivity index (χ1n) is 5.55. The molecule has 1 aromatic carbocycles. The monoisotopic (exact) mass is 254 g/mol. The average molecular weight is 254 g/mol. The second-order valence-electron chi connectivity index (χ2n) is 4.06. The molecule has 0 spiro atoms. The second-order valence-corrected chi connectivity index (χ2v) is 4.06. The van der Waals surface area contributed by atoms with E-state index in [1.807, 2.05) is 0 Å². The van der Waals surface area contributed by atoms with Crippen LogP contribution in [0.1, 0.15) is 10.4 Å². The summed E-state index contributed by atoms with van der Waals surface area (Å²) in [6.45, 7) is 1.71. The number of carbonyl (C=O) groups is 2. The van der Waals surface area contributed by atoms with Crippen LogP contribution in [0.25, 0.3) is 0 Å². The Labute approximate surface area is 103 Å². The molecule has 6 heteroatoms. The summed E-state index contributed by atoms with van der Waals surface area (Å²) in [7, 11) is 0. The molecule has 1 aliphatic heterocycles. The van der Waals surface area contributed by atoms with E-state index in [1.54, 1.807) is 4.90 Å². The van der Waals surface area contributed by atoms with Gasteiger partial charge in [0, 0.05) is 31.7 Å². The third-order valence-electron chi connectivity index (χ3n) is 2.92. The van der Waals surface area contributed by atoms with Gasteiger partial charge in [-0.15, -0.1) is 0 Å². The van der Waals surface area contributed by atoms with Crippen LogP contribution in [0.4, 0.5) is 8.78 Å². The number of benzene rings is 1. The number of hydrogen-bond donors (Lipinski definition) is 0. The number of piperazine rings is 1. The van der Waals surface area contributed by atoms with Gasteiger partial charge in [0.15, 0.2) is 11.6 Å². The standard InChI is InChI=1S/C12H12F2N2O2/c13-10-2-1-9(7-11(10)14)12(18)16-5-3-15(8-17)4-6-16/h1-2,7-8H,3-6H2. The zero-order chi connectivity index (χ0) is 13.1. The van der Waals surface area contributed by atoms with Gasteiger partial charge in [-0.25, -0.2) is 8.78 Å². The van der Waals surface area contributed by atoms with Crippen LogP contribution in [-0.2, 0) is 4.79 Å². The Balaban J connectivity index is 2.07. The third-order valence-corrected chi connectivity index (χ3v) is 2.92. The van der Waals surface area contributed by atoms with Gasteiger partial charge >= 0.3 is 0 Å². The van der Waals surface area contributed by atoms with E-state index in [9.17, 15) is 18.4 Å². The molecule has 1 fully saturated rings. The Morgan fingerprint density at radius 2 is 1.78 bits per heavy atom. The molecule has 0 bridgehead atoms. The largest absolute Gasteiger partial charge is 0.342 e. The maximum absolute atomic E-state index is 13.0. The lowest BCUT2D eigenvalue weighted by atomic mass is 10.1. The van der Waals surface area contributed by atoms with Gasteiger partial charge < -0.3 is 9.80 Å². The molecule has 0 N–H and O–H groups in total. The van der Waals surface area contributed by atoms with Crippen LogP contribution in [0, 0.1) is 11.6 Å². The lowest BCUT2D eigenvalue weighted by molar-refractivity contribution is -0.119. The molecule has 18 heavy (non-hydrogen) atoms. The van der Waals surface area contributed by atoms with Crippen molar-refractivity contribution in [3.63, 3.8) is 0 Å². The number of halogens is 2. The molecule has 0 unspecified atom stereocenters. The molecule has 0 atom stereocenters. The first-order chi connectivity index (χ1) is 8.61. The Morgan fingerprint density at radius 1 is 1.11 bits per heavy atom. The molecule has 96 valence electrons. The SMILES string of the molecule is O=CN1CCN(C(=O)c2ccc(F)c(F)c2)CC1. The number of amides is 2.